The second-order valence-electron chi connectivity index (χ2n) is 25.4. The first-order valence-corrected chi connectivity index (χ1v) is 32.8. The molecule has 0 spiro atoms. The van der Waals surface area contributed by atoms with E-state index >= 15 is 0 Å². The van der Waals surface area contributed by atoms with Crippen LogP contribution in [-0.2, 0) is 41.5 Å². The number of hydrogen-bond acceptors (Lipinski definition) is 13. The third-order valence-electron chi connectivity index (χ3n) is 19.7. The first-order chi connectivity index (χ1) is 34.9. The molecule has 5 N–H and O–H groups in total. The van der Waals surface area contributed by atoms with Crippen LogP contribution >= 0.6 is 68.4 Å². The fourth-order valence-electron chi connectivity index (χ4n) is 13.5. The minimum absolute atomic E-state index is 0.0698. The highest BCUT2D eigenvalue weighted by Gasteiger charge is 2.59. The Bertz CT molecular complexity index is 2380. The number of cyclic esters (lactones) is 1. The standard InChI is InChI=1S/C25H36ClIN2O5.C21H31ClINO5Si.C10H19N/c1-12-16-8-15(25(16,3)4)9-18(12)28-24(32)22-20(13(2)31)19(11-30)34-29(22)10-14-6-7-17(26)21(27)23(14)33-5;1-12-16-15(11-27-30(6,7)21(2,3)4)29-24(18(16)20(25)28-12)10-13-8-9-14(22)17(23)19(13)26-5;1-6-8-4-7(5-9(6)11)10(8,2)3/h6-7,12-13,15-16,18-20,22,30-31H,8-11H2,1-5H3,(H,28,32);8-9,12,15-16,18H,10-11H2,1-7H3;6-9H,4-5,11H2,1-3H3/t12-,13-,15+,16?,18-,19-,20+,22?;12-,15-,16+,18-;6-,7+,8?,9-/m000/s1. The monoisotopic (exact) mass is 1330 g/mol. The number of methoxy groups -OCH3 is 2. The predicted octanol–water partition coefficient (Wildman–Crippen LogP) is 10.7. The maximum atomic E-state index is 13.7. The van der Waals surface area contributed by atoms with Gasteiger partial charge in [0, 0.05) is 29.1 Å². The number of aliphatic hydroxyl groups is 2. The fourth-order valence-corrected chi connectivity index (χ4v) is 16.3. The van der Waals surface area contributed by atoms with Crippen molar-refractivity contribution < 1.29 is 48.1 Å². The Morgan fingerprint density at radius 3 is 1.83 bits per heavy atom. The highest BCUT2D eigenvalue weighted by molar-refractivity contribution is 14.1. The van der Waals surface area contributed by atoms with Gasteiger partial charge in [0.05, 0.1) is 69.7 Å². The van der Waals surface area contributed by atoms with Crippen LogP contribution in [0.2, 0.25) is 28.2 Å². The van der Waals surface area contributed by atoms with Crippen molar-refractivity contribution >= 4 is 88.6 Å². The molecule has 3 aliphatic heterocycles. The molecular weight excluding hydrogens is 1240 g/mol. The summed E-state index contributed by atoms with van der Waals surface area (Å²) in [6, 6.07) is 6.78. The molecule has 0 radical (unpaired) electrons. The SMILES string of the molecule is COc1c(CN2O[C@@H](CO)[C@@H]([C@H](C)O)C2C(=O)N[C@H]2C[C@H]3CC([C@@H]2C)C3(C)C)ccc(Cl)c1I.COc1c(CN2O[C@@H](CO[Si](C)(C)C(C)(C)C)[C@H]3[C@H](C)OC(=O)[C@H]32)ccc(Cl)c1I.C[C@H]1C2C[C@H](C[C@@H]1N)C2(C)C. The number of nitrogens with two attached hydrogens (primary N) is 1. The Labute approximate surface area is 485 Å². The Morgan fingerprint density at radius 2 is 1.37 bits per heavy atom. The van der Waals surface area contributed by atoms with E-state index in [0.717, 1.165) is 42.4 Å². The molecule has 75 heavy (non-hydrogen) atoms. The second-order valence-corrected chi connectivity index (χ2v) is 33.2. The van der Waals surface area contributed by atoms with Crippen molar-refractivity contribution in [2.24, 2.45) is 63.9 Å². The molecule has 3 saturated heterocycles. The van der Waals surface area contributed by atoms with Gasteiger partial charge in [0.2, 0.25) is 5.91 Å². The number of carbonyl (C=O) groups excluding carboxylic acids is 2. The number of ether oxygens (including phenoxy) is 3. The molecule has 19 heteroatoms. The van der Waals surface area contributed by atoms with Gasteiger partial charge in [0.25, 0.3) is 0 Å². The van der Waals surface area contributed by atoms with Crippen molar-refractivity contribution in [1.29, 1.82) is 0 Å². The lowest BCUT2D eigenvalue weighted by molar-refractivity contribution is -0.195. The lowest BCUT2D eigenvalue weighted by atomic mass is 9.45. The van der Waals surface area contributed by atoms with Gasteiger partial charge in [-0.05, 0) is 161 Å². The van der Waals surface area contributed by atoms with Crippen LogP contribution in [0, 0.1) is 65.3 Å². The molecule has 11 rings (SSSR count). The van der Waals surface area contributed by atoms with E-state index < -0.39 is 38.5 Å². The van der Waals surface area contributed by atoms with Crippen LogP contribution in [-0.4, -0.2) is 117 Å². The number of carbonyl (C=O) groups is 2. The molecule has 422 valence electrons. The highest BCUT2D eigenvalue weighted by atomic mass is 127. The molecule has 1 amide bonds. The third-order valence-corrected chi connectivity index (χ3v) is 27.6. The number of fused-ring (bicyclic) bond motifs is 5. The summed E-state index contributed by atoms with van der Waals surface area (Å²) in [5.74, 6) is 4.49. The van der Waals surface area contributed by atoms with Crippen molar-refractivity contribution in [3.05, 3.63) is 52.6 Å². The minimum atomic E-state index is -1.94. The number of nitrogens with zero attached hydrogens (tertiary/aromatic N) is 2. The summed E-state index contributed by atoms with van der Waals surface area (Å²) in [6.07, 6.45) is 2.96. The van der Waals surface area contributed by atoms with Gasteiger partial charge in [-0.1, -0.05) is 97.6 Å². The topological polar surface area (TPSA) is 175 Å². The largest absolute Gasteiger partial charge is 0.495 e. The highest BCUT2D eigenvalue weighted by Crippen LogP contribution is 2.62. The van der Waals surface area contributed by atoms with Crippen molar-refractivity contribution in [2.75, 3.05) is 27.4 Å². The van der Waals surface area contributed by atoms with Crippen LogP contribution in [0.15, 0.2) is 24.3 Å². The van der Waals surface area contributed by atoms with E-state index in [0.29, 0.717) is 69.3 Å². The zero-order valence-electron chi connectivity index (χ0n) is 46.8. The minimum Gasteiger partial charge on any atom is -0.495 e. The molecule has 4 bridgehead atoms. The average molecular weight is 1330 g/mol. The molecule has 2 aromatic rings. The summed E-state index contributed by atoms with van der Waals surface area (Å²) in [6.45, 7) is 29.5. The van der Waals surface area contributed by atoms with Crippen LogP contribution in [0.25, 0.3) is 0 Å². The van der Waals surface area contributed by atoms with E-state index in [1.807, 2.05) is 25.1 Å². The van der Waals surface area contributed by atoms with E-state index in [1.165, 1.54) is 19.3 Å². The van der Waals surface area contributed by atoms with Crippen molar-refractivity contribution in [1.82, 2.24) is 15.4 Å². The lowest BCUT2D eigenvalue weighted by Gasteiger charge is -2.62. The number of rotatable bonds is 13. The van der Waals surface area contributed by atoms with Crippen molar-refractivity contribution in [3.8, 4) is 11.5 Å². The molecule has 9 aliphatic rings. The molecular formula is C56H86Cl2I2N4O10Si. The summed E-state index contributed by atoms with van der Waals surface area (Å²) < 4.78 is 24.8. The van der Waals surface area contributed by atoms with Gasteiger partial charge in [0.15, 0.2) is 8.32 Å². The summed E-state index contributed by atoms with van der Waals surface area (Å²) in [4.78, 5) is 38.7. The Morgan fingerprint density at radius 1 is 0.867 bits per heavy atom. The molecule has 9 fully saturated rings. The quantitative estimate of drug-likeness (QED) is 0.0848. The zero-order chi connectivity index (χ0) is 55.6. The van der Waals surface area contributed by atoms with Crippen molar-refractivity contribution in [2.45, 2.75) is 182 Å². The van der Waals surface area contributed by atoms with Gasteiger partial charge in [-0.15, -0.1) is 0 Å². The van der Waals surface area contributed by atoms with E-state index in [-0.39, 0.29) is 54.2 Å². The van der Waals surface area contributed by atoms with Gasteiger partial charge in [-0.2, -0.15) is 10.1 Å². The van der Waals surface area contributed by atoms with E-state index in [9.17, 15) is 19.8 Å². The van der Waals surface area contributed by atoms with Crippen LogP contribution in [0.3, 0.4) is 0 Å². The number of halogens is 4. The van der Waals surface area contributed by atoms with Gasteiger partial charge in [0.1, 0.15) is 41.9 Å². The number of hydrogen-bond donors (Lipinski definition) is 4. The molecule has 2 aromatic carbocycles. The molecule has 16 atom stereocenters. The predicted molar refractivity (Wildman–Crippen MR) is 313 cm³/mol. The van der Waals surface area contributed by atoms with Crippen molar-refractivity contribution in [3.63, 3.8) is 0 Å². The van der Waals surface area contributed by atoms with Crippen LogP contribution in [0.5, 0.6) is 11.5 Å². The van der Waals surface area contributed by atoms with Gasteiger partial charge in [-0.3, -0.25) is 19.3 Å². The van der Waals surface area contributed by atoms with Gasteiger partial charge >= 0.3 is 5.97 Å². The number of aliphatic hydroxyl groups excluding tert-OH is 2. The van der Waals surface area contributed by atoms with Crippen LogP contribution < -0.4 is 20.5 Å². The average Bonchev–Trinajstić information content (AvgIpc) is 4.00. The molecule has 3 heterocycles. The first kappa shape index (κ1) is 61.5. The number of nitrogens with one attached hydrogen (secondary N) is 1. The maximum absolute atomic E-state index is 13.7. The summed E-state index contributed by atoms with van der Waals surface area (Å²) in [7, 11) is 1.26. The van der Waals surface area contributed by atoms with Gasteiger partial charge < -0.3 is 39.9 Å². The Kier molecular flexibility index (Phi) is 19.5. The number of hydroxylamine groups is 4. The number of amides is 1. The molecule has 6 saturated carbocycles. The summed E-state index contributed by atoms with van der Waals surface area (Å²) in [5.41, 5.74) is 8.67. The molecule has 0 aromatic heterocycles. The maximum Gasteiger partial charge on any atom is 0.326 e. The van der Waals surface area contributed by atoms with E-state index in [1.54, 1.807) is 37.3 Å². The van der Waals surface area contributed by atoms with Gasteiger partial charge in [-0.25, -0.2) is 0 Å². The summed E-state index contributed by atoms with van der Waals surface area (Å²) >= 11 is 16.8. The molecule has 3 unspecified atom stereocenters. The Balaban J connectivity index is 0.000000182. The smallest absolute Gasteiger partial charge is 0.326 e. The van der Waals surface area contributed by atoms with E-state index in [4.69, 9.17) is 57.2 Å². The molecule has 14 nitrogen and oxygen atoms in total. The Hall–Kier alpha value is -1.08. The first-order valence-electron chi connectivity index (χ1n) is 27.0. The number of benzene rings is 2. The lowest BCUT2D eigenvalue weighted by Crippen LogP contribution is -2.62. The number of esters is 1. The second kappa shape index (κ2) is 23.8. The van der Waals surface area contributed by atoms with E-state index in [2.05, 4.69) is 126 Å². The normalized spacial score (nSPS) is 34.9. The molecule has 6 aliphatic carbocycles. The summed E-state index contributed by atoms with van der Waals surface area (Å²) in [5, 5.41) is 28.5. The van der Waals surface area contributed by atoms with Crippen LogP contribution in [0.1, 0.15) is 113 Å². The van der Waals surface area contributed by atoms with Crippen LogP contribution in [0.4, 0.5) is 0 Å². The fraction of sp³-hybridized carbons (Fsp3) is 0.750. The zero-order valence-corrected chi connectivity index (χ0v) is 53.7. The third kappa shape index (κ3) is 12.1.